The molecule has 0 radical (unpaired) electrons. The predicted molar refractivity (Wildman–Crippen MR) is 504 cm³/mol. The summed E-state index contributed by atoms with van der Waals surface area (Å²) in [5, 5.41) is 5.51. The highest BCUT2D eigenvalue weighted by Crippen LogP contribution is 2.53. The Hall–Kier alpha value is -8.96. The van der Waals surface area contributed by atoms with E-state index in [1.165, 1.54) is 167 Å². The minimum Gasteiger partial charge on any atom is -0.369 e. The third-order valence-corrected chi connectivity index (χ3v) is 30.7. The van der Waals surface area contributed by atoms with Crippen molar-refractivity contribution < 1.29 is 33.6 Å². The number of fused-ring (bicyclic) bond motifs is 14. The number of carbonyl (C=O) groups excluding carboxylic acids is 7. The summed E-state index contributed by atoms with van der Waals surface area (Å²) in [5.74, 6) is -1.76. The summed E-state index contributed by atoms with van der Waals surface area (Å²) < 4.78 is 0. The largest absolute Gasteiger partial charge is 0.369 e. The molecule has 646 valence electrons. The first-order chi connectivity index (χ1) is 59.2. The Morgan fingerprint density at radius 3 is 0.669 bits per heavy atom. The van der Waals surface area contributed by atoms with Crippen LogP contribution in [0.1, 0.15) is 241 Å². The van der Waals surface area contributed by atoms with Gasteiger partial charge in [0, 0.05) is 35.2 Å². The lowest BCUT2D eigenvalue weighted by atomic mass is 9.82. The third-order valence-electron chi connectivity index (χ3n) is 28.6. The van der Waals surface area contributed by atoms with Crippen LogP contribution in [0.25, 0.3) is 39.0 Å². The van der Waals surface area contributed by atoms with Crippen LogP contribution in [-0.2, 0) is 78.5 Å². The minimum absolute atomic E-state index is 0.0649. The molecule has 14 aliphatic carbocycles. The second kappa shape index (κ2) is 37.5. The van der Waals surface area contributed by atoms with E-state index in [0.717, 1.165) is 232 Å². The molecular weight excluding hydrogens is 1700 g/mol. The van der Waals surface area contributed by atoms with Crippen LogP contribution < -0.4 is 40.1 Å². The average Bonchev–Trinajstić information content (AvgIpc) is 1.60. The van der Waals surface area contributed by atoms with Gasteiger partial charge in [0.1, 0.15) is 0 Å². The van der Waals surface area contributed by atoms with Gasteiger partial charge in [-0.05, 0) is 465 Å². The molecule has 7 aromatic carbocycles. The zero-order valence-electron chi connectivity index (χ0n) is 71.1. The number of nitrogens with two attached hydrogens (primary N) is 7. The molecule has 21 rings (SSSR count). The van der Waals surface area contributed by atoms with Gasteiger partial charge in [-0.25, -0.2) is 0 Å². The van der Waals surface area contributed by atoms with Crippen molar-refractivity contribution in [3.63, 3.8) is 0 Å². The first-order valence-corrected chi connectivity index (χ1v) is 46.5. The van der Waals surface area contributed by atoms with E-state index < -0.39 is 0 Å². The second-order valence-corrected chi connectivity index (χ2v) is 39.0. The van der Waals surface area contributed by atoms with Gasteiger partial charge >= 0.3 is 0 Å². The molecule has 0 aliphatic heterocycles. The summed E-state index contributed by atoms with van der Waals surface area (Å²) in [6.07, 6.45) is 27.0. The van der Waals surface area contributed by atoms with Gasteiger partial charge in [-0.3, -0.25) is 33.6 Å². The lowest BCUT2D eigenvalue weighted by Gasteiger charge is -2.22. The number of hydrogen-bond acceptors (Lipinski definition) is 7. The van der Waals surface area contributed by atoms with Crippen LogP contribution in [0.4, 0.5) is 0 Å². The van der Waals surface area contributed by atoms with E-state index in [1.54, 1.807) is 0 Å². The Balaban J connectivity index is 0.000000112. The van der Waals surface area contributed by atoms with Crippen molar-refractivity contribution in [1.82, 2.24) is 0 Å². The average molecular weight is 1800 g/mol. The number of rotatable bonds is 7. The zero-order chi connectivity index (χ0) is 88.3. The normalized spacial score (nSPS) is 21.9. The van der Waals surface area contributed by atoms with E-state index in [0.29, 0.717) is 0 Å². The summed E-state index contributed by atoms with van der Waals surface area (Å²) in [7, 11) is 0. The van der Waals surface area contributed by atoms with Crippen LogP contribution >= 0.6 is 81.2 Å². The molecule has 14 nitrogen and oxygen atoms in total. The smallest absolute Gasteiger partial charge is 0.224 e. The van der Waals surface area contributed by atoms with Gasteiger partial charge in [-0.15, -0.1) is 0 Å². The Bertz CT molecular complexity index is 5490. The maximum atomic E-state index is 11.6. The van der Waals surface area contributed by atoms with Crippen molar-refractivity contribution in [1.29, 1.82) is 0 Å². The molecule has 0 heterocycles. The summed E-state index contributed by atoms with van der Waals surface area (Å²) >= 11 is 43.0. The zero-order valence-corrected chi connectivity index (χ0v) is 76.4. The second-order valence-electron chi connectivity index (χ2n) is 36.1. The summed E-state index contributed by atoms with van der Waals surface area (Å²) in [6, 6.07) is 32.7. The molecule has 0 fully saturated rings. The van der Waals surface area contributed by atoms with Crippen LogP contribution in [0.5, 0.6) is 0 Å². The van der Waals surface area contributed by atoms with Gasteiger partial charge in [-0.2, -0.15) is 0 Å². The minimum atomic E-state index is -0.184. The van der Waals surface area contributed by atoms with Crippen molar-refractivity contribution in [2.75, 3.05) is 0 Å². The van der Waals surface area contributed by atoms with Crippen LogP contribution in [0.15, 0.2) is 136 Å². The number of amides is 7. The van der Waals surface area contributed by atoms with Crippen LogP contribution in [0.2, 0.25) is 35.2 Å². The first kappa shape index (κ1) is 89.8. The number of hydrogen-bond donors (Lipinski definition) is 7. The molecule has 0 bridgehead atoms. The molecule has 0 saturated heterocycles. The Morgan fingerprint density at radius 1 is 0.234 bits per heavy atom. The molecule has 14 N–H and O–H groups in total. The number of allylic oxidation sites excluding steroid dienone is 7. The summed E-state index contributed by atoms with van der Waals surface area (Å²) in [4.78, 5) is 80.7. The maximum Gasteiger partial charge on any atom is 0.224 e. The number of benzene rings is 7. The topological polar surface area (TPSA) is 302 Å². The number of halogens is 7. The third kappa shape index (κ3) is 18.2. The van der Waals surface area contributed by atoms with E-state index in [-0.39, 0.29) is 82.8 Å². The monoisotopic (exact) mass is 1800 g/mol. The lowest BCUT2D eigenvalue weighted by molar-refractivity contribution is -0.121. The van der Waals surface area contributed by atoms with E-state index in [2.05, 4.69) is 62.4 Å². The molecule has 0 spiro atoms. The van der Waals surface area contributed by atoms with E-state index in [1.807, 2.05) is 69.3 Å². The molecule has 7 amide bonds. The van der Waals surface area contributed by atoms with Crippen LogP contribution in [-0.4, -0.2) is 41.4 Å². The summed E-state index contributed by atoms with van der Waals surface area (Å²) in [5.41, 5.74) is 80.1. The van der Waals surface area contributed by atoms with Crippen molar-refractivity contribution in [3.05, 3.63) is 277 Å². The highest BCUT2D eigenvalue weighted by Gasteiger charge is 2.41. The fourth-order valence-electron chi connectivity index (χ4n) is 22.6. The number of aryl methyl sites for hydroxylation is 5. The van der Waals surface area contributed by atoms with E-state index >= 15 is 0 Å². The maximum absolute atomic E-state index is 11.6. The Morgan fingerprint density at radius 2 is 0.435 bits per heavy atom. The van der Waals surface area contributed by atoms with Crippen molar-refractivity contribution in [2.24, 2.45) is 81.6 Å². The van der Waals surface area contributed by atoms with Gasteiger partial charge in [0.05, 0.1) is 41.4 Å². The molecule has 0 saturated carbocycles. The lowest BCUT2D eigenvalue weighted by Crippen LogP contribution is -2.27. The van der Waals surface area contributed by atoms with E-state index in [9.17, 15) is 33.6 Å². The van der Waals surface area contributed by atoms with Crippen LogP contribution in [0, 0.1) is 76.0 Å². The standard InChI is InChI=1S/5C15H16ClNO.2C14H14ClNO/c3*1-8-5-9-6-13-10(12(9)7-14(8)16)3-2-4-11(13)15(17)18;2*1-8-5-9(16)6-13-10-3-2-4-11(15(17)18)14(10)7-12(8)13;2*15-9-5-4-8-6-13-10(12(8)7-9)2-1-3-11(13)14(16)17/h3*5,7,11H,2-4,6H2,1H3,(H2,17,18);2*5-6,11H,2-4,7H2,1H3,(H2,17,18);2*4-5,7,11H,1-3,6H2,(H2,16,17). The van der Waals surface area contributed by atoms with Crippen molar-refractivity contribution in [2.45, 2.75) is 214 Å². The van der Waals surface area contributed by atoms with Gasteiger partial charge < -0.3 is 40.1 Å². The van der Waals surface area contributed by atoms with E-state index in [4.69, 9.17) is 121 Å². The highest BCUT2D eigenvalue weighted by atomic mass is 35.5. The van der Waals surface area contributed by atoms with Crippen molar-refractivity contribution >= 4 is 162 Å². The van der Waals surface area contributed by atoms with Gasteiger partial charge in [-0.1, -0.05) is 112 Å². The Labute approximate surface area is 762 Å². The van der Waals surface area contributed by atoms with Crippen LogP contribution in [0.3, 0.4) is 0 Å². The molecule has 7 unspecified atom stereocenters. The first-order valence-electron chi connectivity index (χ1n) is 43.8. The molecule has 7 atom stereocenters. The highest BCUT2D eigenvalue weighted by molar-refractivity contribution is 6.33. The SMILES string of the molecule is Cc1cc(Cl)cc2c1CC1=C2CCCC1C(N)=O.Cc1cc(Cl)cc2c1CC1=C2CCCC1C(N)=O.Cc1cc2c(cc1Cl)C1=C(C2)C(C(N)=O)CCC1.Cc1cc2c(cc1Cl)C1=C(C2)C(C(N)=O)CCC1.Cc1cc2c(cc1Cl)C1=C(C2)C(C(N)=O)CCC1.NC(=O)C1CCCC2=C1Cc1ccc(Cl)cc12.NC(=O)C1CCCC2=C1Cc1ccc(Cl)cc12. The molecule has 21 heteroatoms. The fourth-order valence-corrected chi connectivity index (χ4v) is 24.0. The number of primary amides is 7. The molecular formula is C103H108Cl7N7O7. The molecule has 14 aliphatic rings. The fraction of sp³-hybridized carbons (Fsp3) is 0.388. The van der Waals surface area contributed by atoms with Gasteiger partial charge in [0.2, 0.25) is 41.4 Å². The molecule has 0 aromatic heterocycles. The van der Waals surface area contributed by atoms with Gasteiger partial charge in [0.25, 0.3) is 0 Å². The quantitative estimate of drug-likeness (QED) is 0.0808. The molecule has 7 aromatic rings. The van der Waals surface area contributed by atoms with Crippen molar-refractivity contribution in [3.8, 4) is 0 Å². The molecule has 124 heavy (non-hydrogen) atoms. The predicted octanol–water partition coefficient (Wildman–Crippen LogP) is 22.1. The summed E-state index contributed by atoms with van der Waals surface area (Å²) in [6.45, 7) is 10.2. The number of carbonyl (C=O) groups is 7. The Kier molecular flexibility index (Phi) is 27.2. The van der Waals surface area contributed by atoms with Gasteiger partial charge in [0.15, 0.2) is 0 Å².